The Hall–Kier alpha value is -2.49. The Labute approximate surface area is 205 Å². The predicted molar refractivity (Wildman–Crippen MR) is 133 cm³/mol. The first-order valence-electron chi connectivity index (χ1n) is 13.0. The number of amides is 2. The average Bonchev–Trinajstić information content (AvgIpc) is 3.10. The molecule has 9 heteroatoms. The van der Waals surface area contributed by atoms with Gasteiger partial charge in [0, 0.05) is 26.1 Å². The highest BCUT2D eigenvalue weighted by atomic mass is 16.5. The summed E-state index contributed by atoms with van der Waals surface area (Å²) in [6.07, 6.45) is 7.43. The minimum atomic E-state index is -0.648. The van der Waals surface area contributed by atoms with E-state index < -0.39 is 11.9 Å². The molecule has 3 N–H and O–H groups in total. The highest BCUT2D eigenvalue weighted by Crippen LogP contribution is 2.31. The number of ether oxygens (including phenoxy) is 1. The molecule has 9 nitrogen and oxygen atoms in total. The minimum Gasteiger partial charge on any atom is -0.377 e. The number of nitrogens with zero attached hydrogens (tertiary/aromatic N) is 3. The van der Waals surface area contributed by atoms with E-state index in [1.807, 2.05) is 6.07 Å². The Bertz CT molecular complexity index is 1140. The van der Waals surface area contributed by atoms with Crippen molar-refractivity contribution in [3.05, 3.63) is 34.2 Å². The van der Waals surface area contributed by atoms with Crippen LogP contribution in [0.3, 0.4) is 0 Å². The van der Waals surface area contributed by atoms with Crippen LogP contribution in [0.2, 0.25) is 0 Å². The zero-order chi connectivity index (χ0) is 24.5. The quantitative estimate of drug-likeness (QED) is 0.606. The van der Waals surface area contributed by atoms with Gasteiger partial charge in [0.1, 0.15) is 6.04 Å². The normalized spacial score (nSPS) is 26.9. The fraction of sp³-hybridized carbons (Fsp3) is 0.654. The molecule has 35 heavy (non-hydrogen) atoms. The lowest BCUT2D eigenvalue weighted by atomic mass is 9.89. The second-order valence-electron chi connectivity index (χ2n) is 10.5. The molecule has 3 fully saturated rings. The Kier molecular flexibility index (Phi) is 7.09. The molecule has 2 aromatic rings. The Morgan fingerprint density at radius 1 is 1.00 bits per heavy atom. The molecule has 3 heterocycles. The Morgan fingerprint density at radius 3 is 2.46 bits per heavy atom. The second kappa shape index (κ2) is 10.2. The topological polar surface area (TPSA) is 112 Å². The molecule has 0 radical (unpaired) electrons. The largest absolute Gasteiger partial charge is 0.377 e. The average molecular weight is 484 g/mol. The third kappa shape index (κ3) is 5.08. The molecule has 2 aliphatic heterocycles. The van der Waals surface area contributed by atoms with E-state index in [-0.39, 0.29) is 18.0 Å². The number of rotatable bonds is 6. The fourth-order valence-corrected chi connectivity index (χ4v) is 5.96. The van der Waals surface area contributed by atoms with Crippen molar-refractivity contribution in [2.45, 2.75) is 75.5 Å². The van der Waals surface area contributed by atoms with E-state index in [1.54, 1.807) is 16.2 Å². The van der Waals surface area contributed by atoms with Crippen LogP contribution in [0, 0.1) is 0 Å². The third-order valence-corrected chi connectivity index (χ3v) is 8.17. The molecule has 1 atom stereocenters. The van der Waals surface area contributed by atoms with Gasteiger partial charge in [-0.1, -0.05) is 6.07 Å². The van der Waals surface area contributed by atoms with Crippen molar-refractivity contribution in [3.63, 3.8) is 0 Å². The van der Waals surface area contributed by atoms with Crippen molar-refractivity contribution >= 4 is 22.8 Å². The molecule has 1 aliphatic carbocycles. The van der Waals surface area contributed by atoms with Crippen molar-refractivity contribution in [2.75, 3.05) is 26.2 Å². The number of nitrogens with two attached hydrogens (primary N) is 1. The highest BCUT2D eigenvalue weighted by Gasteiger charge is 2.31. The van der Waals surface area contributed by atoms with Gasteiger partial charge in [0.25, 0.3) is 0 Å². The first-order valence-corrected chi connectivity index (χ1v) is 13.0. The zero-order valence-corrected chi connectivity index (χ0v) is 20.6. The molecule has 5 rings (SSSR count). The van der Waals surface area contributed by atoms with Gasteiger partial charge in [0.05, 0.1) is 23.7 Å². The standard InChI is InChI=1S/C26H37N5O4/c1-29-23-16-18(2-7-21(23)31(26(29)34)22-8-9-24(32)28-25(22)33)17-10-12-30(13-11-17)14-15-35-20-5-3-19(27)4-6-20/h2,7,16-17,19-20,22H,3-6,8-15,27H2,1H3,(H,28,32,33)/t19-,20-,22?. The van der Waals surface area contributed by atoms with Crippen LogP contribution in [-0.4, -0.2) is 64.2 Å². The SMILES string of the molecule is Cn1c(=O)n(C2CCC(=O)NC2=O)c2ccc(C3CCN(CCO[C@H]4CC[C@H](N)CC4)CC3)cc21. The Morgan fingerprint density at radius 2 is 1.74 bits per heavy atom. The van der Waals surface area contributed by atoms with Crippen molar-refractivity contribution in [3.8, 4) is 0 Å². The van der Waals surface area contributed by atoms with E-state index in [0.29, 0.717) is 24.5 Å². The summed E-state index contributed by atoms with van der Waals surface area (Å²) in [5.41, 5.74) is 8.58. The van der Waals surface area contributed by atoms with E-state index in [9.17, 15) is 14.4 Å². The van der Waals surface area contributed by atoms with Crippen LogP contribution in [0.4, 0.5) is 0 Å². The van der Waals surface area contributed by atoms with Gasteiger partial charge in [0.2, 0.25) is 11.8 Å². The number of piperidine rings is 2. The summed E-state index contributed by atoms with van der Waals surface area (Å²) in [7, 11) is 1.75. The molecule has 1 aromatic carbocycles. The van der Waals surface area contributed by atoms with Gasteiger partial charge in [-0.15, -0.1) is 0 Å². The number of carbonyl (C=O) groups excluding carboxylic acids is 2. The third-order valence-electron chi connectivity index (χ3n) is 8.17. The van der Waals surface area contributed by atoms with Gasteiger partial charge in [-0.2, -0.15) is 0 Å². The molecular weight excluding hydrogens is 446 g/mol. The highest BCUT2D eigenvalue weighted by molar-refractivity contribution is 6.00. The summed E-state index contributed by atoms with van der Waals surface area (Å²) in [6.45, 7) is 3.83. The van der Waals surface area contributed by atoms with Gasteiger partial charge in [-0.05, 0) is 81.6 Å². The number of hydrogen-bond acceptors (Lipinski definition) is 6. The van der Waals surface area contributed by atoms with E-state index in [0.717, 1.165) is 75.8 Å². The van der Waals surface area contributed by atoms with Gasteiger partial charge >= 0.3 is 5.69 Å². The monoisotopic (exact) mass is 483 g/mol. The van der Waals surface area contributed by atoms with Gasteiger partial charge in [-0.3, -0.25) is 24.0 Å². The minimum absolute atomic E-state index is 0.221. The van der Waals surface area contributed by atoms with Crippen LogP contribution in [0.15, 0.2) is 23.0 Å². The van der Waals surface area contributed by atoms with Crippen LogP contribution in [0.1, 0.15) is 68.9 Å². The lowest BCUT2D eigenvalue weighted by molar-refractivity contribution is -0.135. The molecular formula is C26H37N5O4. The first-order chi connectivity index (χ1) is 16.9. The zero-order valence-electron chi connectivity index (χ0n) is 20.6. The number of imide groups is 1. The summed E-state index contributed by atoms with van der Waals surface area (Å²) in [6, 6.07) is 5.88. The maximum absolute atomic E-state index is 13.0. The molecule has 2 amide bonds. The number of likely N-dealkylation sites (tertiary alicyclic amines) is 1. The molecule has 3 aliphatic rings. The number of benzene rings is 1. The van der Waals surface area contributed by atoms with Crippen LogP contribution in [0.25, 0.3) is 11.0 Å². The number of carbonyl (C=O) groups is 2. The molecule has 2 saturated heterocycles. The summed E-state index contributed by atoms with van der Waals surface area (Å²) in [5.74, 6) is -0.229. The van der Waals surface area contributed by atoms with Gasteiger partial charge in [-0.25, -0.2) is 4.79 Å². The lowest BCUT2D eigenvalue weighted by Crippen LogP contribution is -2.44. The summed E-state index contributed by atoms with van der Waals surface area (Å²) in [5, 5.41) is 2.37. The predicted octanol–water partition coefficient (Wildman–Crippen LogP) is 1.78. The maximum Gasteiger partial charge on any atom is 0.329 e. The van der Waals surface area contributed by atoms with Crippen molar-refractivity contribution in [2.24, 2.45) is 12.8 Å². The molecule has 1 aromatic heterocycles. The maximum atomic E-state index is 13.0. The van der Waals surface area contributed by atoms with E-state index >= 15 is 0 Å². The summed E-state index contributed by atoms with van der Waals surface area (Å²) < 4.78 is 9.27. The first kappa shape index (κ1) is 24.2. The van der Waals surface area contributed by atoms with Crippen LogP contribution >= 0.6 is 0 Å². The molecule has 0 bridgehead atoms. The number of aromatic nitrogens is 2. The van der Waals surface area contributed by atoms with Crippen LogP contribution in [0.5, 0.6) is 0 Å². The number of nitrogens with one attached hydrogen (secondary N) is 1. The number of imidazole rings is 1. The molecule has 1 saturated carbocycles. The van der Waals surface area contributed by atoms with E-state index in [4.69, 9.17) is 10.5 Å². The lowest BCUT2D eigenvalue weighted by Gasteiger charge is -2.33. The summed E-state index contributed by atoms with van der Waals surface area (Å²) >= 11 is 0. The van der Waals surface area contributed by atoms with Crippen molar-refractivity contribution in [1.82, 2.24) is 19.4 Å². The van der Waals surface area contributed by atoms with Crippen LogP contribution < -0.4 is 16.7 Å². The summed E-state index contributed by atoms with van der Waals surface area (Å²) in [4.78, 5) is 39.5. The van der Waals surface area contributed by atoms with Crippen molar-refractivity contribution < 1.29 is 14.3 Å². The number of fused-ring (bicyclic) bond motifs is 1. The van der Waals surface area contributed by atoms with Crippen molar-refractivity contribution in [1.29, 1.82) is 0 Å². The van der Waals surface area contributed by atoms with Crippen LogP contribution in [-0.2, 0) is 21.4 Å². The molecule has 190 valence electrons. The molecule has 1 unspecified atom stereocenters. The van der Waals surface area contributed by atoms with Gasteiger partial charge in [0.15, 0.2) is 0 Å². The number of hydrogen-bond donors (Lipinski definition) is 2. The fourth-order valence-electron chi connectivity index (χ4n) is 5.96. The van der Waals surface area contributed by atoms with Gasteiger partial charge < -0.3 is 15.4 Å². The Balaban J connectivity index is 1.20. The van der Waals surface area contributed by atoms with E-state index in [1.165, 1.54) is 5.56 Å². The molecule has 0 spiro atoms. The second-order valence-corrected chi connectivity index (χ2v) is 10.5. The number of aryl methyl sites for hydroxylation is 1. The smallest absolute Gasteiger partial charge is 0.329 e. The van der Waals surface area contributed by atoms with E-state index in [2.05, 4.69) is 22.3 Å².